The Morgan fingerprint density at radius 1 is 1.04 bits per heavy atom. The molecule has 0 aromatic rings. The number of ether oxygens (including phenoxy) is 1. The summed E-state index contributed by atoms with van der Waals surface area (Å²) in [5, 5.41) is 3.28. The number of nitrogens with one attached hydrogen (secondary N) is 1. The number of hydrogen-bond acceptors (Lipinski definition) is 4. The van der Waals surface area contributed by atoms with E-state index in [1.54, 1.807) is 0 Å². The Morgan fingerprint density at radius 3 is 2.15 bits per heavy atom. The Morgan fingerprint density at radius 2 is 1.63 bits per heavy atom. The van der Waals surface area contributed by atoms with Crippen LogP contribution in [0, 0.1) is 0 Å². The number of alkyl halides is 3. The molecule has 27 heavy (non-hydrogen) atoms. The molecule has 0 aromatic carbocycles. The number of piperazine rings is 1. The SMILES string of the molecule is CCNC(=NCC(C)N1CCOCC1)N1CCN(C(C)C(F)(F)F)CC1.I. The molecule has 2 rings (SSSR count). The van der Waals surface area contributed by atoms with Gasteiger partial charge in [0.15, 0.2) is 5.96 Å². The molecule has 0 saturated carbocycles. The monoisotopic (exact) mass is 507 g/mol. The fourth-order valence-electron chi connectivity index (χ4n) is 3.31. The molecular weight excluding hydrogens is 474 g/mol. The van der Waals surface area contributed by atoms with E-state index in [1.165, 1.54) is 11.8 Å². The molecule has 2 unspecified atom stereocenters. The number of nitrogens with zero attached hydrogens (tertiary/aromatic N) is 4. The number of halogens is 4. The molecule has 2 atom stereocenters. The van der Waals surface area contributed by atoms with Gasteiger partial charge in [0, 0.05) is 51.9 Å². The lowest BCUT2D eigenvalue weighted by atomic mass is 10.2. The summed E-state index contributed by atoms with van der Waals surface area (Å²) in [7, 11) is 0. The van der Waals surface area contributed by atoms with E-state index in [9.17, 15) is 13.2 Å². The van der Waals surface area contributed by atoms with Crippen LogP contribution in [0.25, 0.3) is 0 Å². The lowest BCUT2D eigenvalue weighted by Crippen LogP contribution is -2.57. The van der Waals surface area contributed by atoms with Crippen LogP contribution in [0.1, 0.15) is 20.8 Å². The molecule has 10 heteroatoms. The highest BCUT2D eigenvalue weighted by Gasteiger charge is 2.41. The fourth-order valence-corrected chi connectivity index (χ4v) is 3.31. The summed E-state index contributed by atoms with van der Waals surface area (Å²) in [4.78, 5) is 10.7. The average molecular weight is 507 g/mol. The lowest BCUT2D eigenvalue weighted by Gasteiger charge is -2.40. The molecule has 2 aliphatic heterocycles. The lowest BCUT2D eigenvalue weighted by molar-refractivity contribution is -0.181. The van der Waals surface area contributed by atoms with Crippen LogP contribution in [0.2, 0.25) is 0 Å². The minimum atomic E-state index is -4.17. The molecule has 0 radical (unpaired) electrons. The van der Waals surface area contributed by atoms with Crippen LogP contribution in [-0.4, -0.2) is 104 Å². The van der Waals surface area contributed by atoms with Gasteiger partial charge >= 0.3 is 6.18 Å². The number of rotatable bonds is 5. The summed E-state index contributed by atoms with van der Waals surface area (Å²) in [5.74, 6) is 0.798. The predicted octanol–water partition coefficient (Wildman–Crippen LogP) is 1.86. The van der Waals surface area contributed by atoms with Crippen molar-refractivity contribution >= 4 is 29.9 Å². The summed E-state index contributed by atoms with van der Waals surface area (Å²) < 4.78 is 44.1. The van der Waals surface area contributed by atoms with Gasteiger partial charge in [0.25, 0.3) is 0 Å². The van der Waals surface area contributed by atoms with Crippen LogP contribution in [0.4, 0.5) is 13.2 Å². The summed E-state index contributed by atoms with van der Waals surface area (Å²) in [6.07, 6.45) is -4.17. The Bertz CT molecular complexity index is 452. The standard InChI is InChI=1S/C17H32F3N5O.HI/c1-4-21-16(22-13-14(2)23-9-11-26-12-10-23)25-7-5-24(6-8-25)15(3)17(18,19)20;/h14-15H,4-13H2,1-3H3,(H,21,22);1H. The zero-order valence-corrected chi connectivity index (χ0v) is 18.8. The molecule has 2 saturated heterocycles. The molecule has 0 bridgehead atoms. The second-order valence-corrected chi connectivity index (χ2v) is 6.93. The first-order valence-corrected chi connectivity index (χ1v) is 9.48. The van der Waals surface area contributed by atoms with E-state index in [0.717, 1.165) is 38.8 Å². The summed E-state index contributed by atoms with van der Waals surface area (Å²) in [5.41, 5.74) is 0. The van der Waals surface area contributed by atoms with Crippen molar-refractivity contribution in [1.82, 2.24) is 20.0 Å². The topological polar surface area (TPSA) is 43.3 Å². The molecule has 0 spiro atoms. The van der Waals surface area contributed by atoms with Gasteiger partial charge in [0.05, 0.1) is 19.8 Å². The van der Waals surface area contributed by atoms with Gasteiger partial charge in [-0.05, 0) is 20.8 Å². The highest BCUT2D eigenvalue weighted by Crippen LogP contribution is 2.25. The van der Waals surface area contributed by atoms with Crippen molar-refractivity contribution in [1.29, 1.82) is 0 Å². The molecule has 1 N–H and O–H groups in total. The first kappa shape index (κ1) is 24.7. The van der Waals surface area contributed by atoms with Gasteiger partial charge in [-0.15, -0.1) is 24.0 Å². The molecule has 0 aliphatic carbocycles. The van der Waals surface area contributed by atoms with E-state index < -0.39 is 12.2 Å². The van der Waals surface area contributed by atoms with Gasteiger partial charge in [-0.1, -0.05) is 0 Å². The van der Waals surface area contributed by atoms with Crippen LogP contribution in [-0.2, 0) is 4.74 Å². The number of aliphatic imine (C=N–C) groups is 1. The van der Waals surface area contributed by atoms with Gasteiger partial charge in [0.2, 0.25) is 0 Å². The quantitative estimate of drug-likeness (QED) is 0.350. The molecule has 2 heterocycles. The van der Waals surface area contributed by atoms with Crippen molar-refractivity contribution in [2.75, 3.05) is 65.6 Å². The van der Waals surface area contributed by atoms with Crippen molar-refractivity contribution in [3.05, 3.63) is 0 Å². The minimum Gasteiger partial charge on any atom is -0.379 e. The Kier molecular flexibility index (Phi) is 10.6. The van der Waals surface area contributed by atoms with Crippen LogP contribution in [0.3, 0.4) is 0 Å². The number of morpholine rings is 1. The molecule has 2 aliphatic rings. The third-order valence-electron chi connectivity index (χ3n) is 5.14. The first-order valence-electron chi connectivity index (χ1n) is 9.48. The minimum absolute atomic E-state index is 0. The third kappa shape index (κ3) is 7.54. The summed E-state index contributed by atoms with van der Waals surface area (Å²) >= 11 is 0. The van der Waals surface area contributed by atoms with E-state index in [2.05, 4.69) is 22.0 Å². The van der Waals surface area contributed by atoms with Crippen LogP contribution < -0.4 is 5.32 Å². The second kappa shape index (κ2) is 11.6. The highest BCUT2D eigenvalue weighted by atomic mass is 127. The largest absolute Gasteiger partial charge is 0.403 e. The predicted molar refractivity (Wildman–Crippen MR) is 112 cm³/mol. The number of hydrogen-bond donors (Lipinski definition) is 1. The van der Waals surface area contributed by atoms with Gasteiger partial charge in [-0.2, -0.15) is 13.2 Å². The van der Waals surface area contributed by atoms with E-state index in [1.807, 2.05) is 6.92 Å². The van der Waals surface area contributed by atoms with Crippen molar-refractivity contribution < 1.29 is 17.9 Å². The van der Waals surface area contributed by atoms with Crippen LogP contribution in [0.15, 0.2) is 4.99 Å². The Balaban J connectivity index is 0.00000364. The zero-order chi connectivity index (χ0) is 19.2. The van der Waals surface area contributed by atoms with E-state index in [0.29, 0.717) is 38.8 Å². The van der Waals surface area contributed by atoms with E-state index in [4.69, 9.17) is 9.73 Å². The van der Waals surface area contributed by atoms with Gasteiger partial charge in [-0.3, -0.25) is 14.8 Å². The third-order valence-corrected chi connectivity index (χ3v) is 5.14. The maximum absolute atomic E-state index is 12.9. The fraction of sp³-hybridized carbons (Fsp3) is 0.941. The van der Waals surface area contributed by atoms with Gasteiger partial charge < -0.3 is 15.0 Å². The summed E-state index contributed by atoms with van der Waals surface area (Å²) in [6, 6.07) is -1.08. The molecule has 0 aromatic heterocycles. The van der Waals surface area contributed by atoms with Gasteiger partial charge in [0.1, 0.15) is 6.04 Å². The molecule has 0 amide bonds. The highest BCUT2D eigenvalue weighted by molar-refractivity contribution is 14.0. The Labute approximate surface area is 177 Å². The normalized spacial score (nSPS) is 22.9. The zero-order valence-electron chi connectivity index (χ0n) is 16.5. The summed E-state index contributed by atoms with van der Waals surface area (Å²) in [6.45, 7) is 12.0. The molecule has 2 fully saturated rings. The van der Waals surface area contributed by atoms with E-state index >= 15 is 0 Å². The van der Waals surface area contributed by atoms with E-state index in [-0.39, 0.29) is 24.0 Å². The van der Waals surface area contributed by atoms with Crippen molar-refractivity contribution in [3.63, 3.8) is 0 Å². The first-order chi connectivity index (χ1) is 12.3. The molecule has 160 valence electrons. The number of guanidine groups is 1. The average Bonchev–Trinajstić information content (AvgIpc) is 2.64. The van der Waals surface area contributed by atoms with Crippen LogP contribution >= 0.6 is 24.0 Å². The van der Waals surface area contributed by atoms with Crippen molar-refractivity contribution in [3.8, 4) is 0 Å². The van der Waals surface area contributed by atoms with Gasteiger partial charge in [-0.25, -0.2) is 0 Å². The second-order valence-electron chi connectivity index (χ2n) is 6.93. The molecular formula is C17H33F3IN5O. The smallest absolute Gasteiger partial charge is 0.379 e. The van der Waals surface area contributed by atoms with Crippen molar-refractivity contribution in [2.24, 2.45) is 4.99 Å². The van der Waals surface area contributed by atoms with Crippen molar-refractivity contribution in [2.45, 2.75) is 39.0 Å². The maximum Gasteiger partial charge on any atom is 0.403 e. The Hall–Kier alpha value is -0.330. The molecule has 6 nitrogen and oxygen atoms in total. The van der Waals surface area contributed by atoms with Crippen LogP contribution in [0.5, 0.6) is 0 Å². The maximum atomic E-state index is 12.9.